The predicted molar refractivity (Wildman–Crippen MR) is 58.7 cm³/mol. The van der Waals surface area contributed by atoms with Crippen LogP contribution < -0.4 is 5.32 Å². The van der Waals surface area contributed by atoms with E-state index >= 15 is 0 Å². The Morgan fingerprint density at radius 2 is 2.19 bits per heavy atom. The molecular weight excluding hydrogens is 204 g/mol. The first-order valence-electron chi connectivity index (χ1n) is 5.56. The van der Waals surface area contributed by atoms with Crippen molar-refractivity contribution in [1.29, 1.82) is 0 Å². The van der Waals surface area contributed by atoms with Gasteiger partial charge in [0.15, 0.2) is 0 Å². The Bertz CT molecular complexity index is 431. The number of cyclic esters (lactones) is 1. The molecule has 4 heteroatoms. The van der Waals surface area contributed by atoms with Gasteiger partial charge < -0.3 is 15.0 Å². The zero-order chi connectivity index (χ0) is 11.0. The second-order valence-electron chi connectivity index (χ2n) is 4.24. The molecule has 2 heterocycles. The summed E-state index contributed by atoms with van der Waals surface area (Å²) in [5.74, 6) is 0. The van der Waals surface area contributed by atoms with Crippen LogP contribution in [0.1, 0.15) is 16.7 Å². The largest absolute Gasteiger partial charge is 0.448 e. The maximum absolute atomic E-state index is 11.3. The lowest BCUT2D eigenvalue weighted by molar-refractivity contribution is 0.157. The summed E-state index contributed by atoms with van der Waals surface area (Å²) in [7, 11) is 0. The van der Waals surface area contributed by atoms with Gasteiger partial charge in [0, 0.05) is 19.6 Å². The first-order chi connectivity index (χ1) is 7.83. The van der Waals surface area contributed by atoms with Crippen molar-refractivity contribution in [3.8, 4) is 0 Å². The smallest absolute Gasteiger partial charge is 0.410 e. The van der Waals surface area contributed by atoms with Gasteiger partial charge in [0.2, 0.25) is 0 Å². The average Bonchev–Trinajstić information content (AvgIpc) is 2.88. The lowest BCUT2D eigenvalue weighted by Gasteiger charge is -2.13. The van der Waals surface area contributed by atoms with E-state index in [4.69, 9.17) is 4.74 Å². The quantitative estimate of drug-likeness (QED) is 0.812. The summed E-state index contributed by atoms with van der Waals surface area (Å²) in [5, 5.41) is 3.31. The maximum atomic E-state index is 11.3. The summed E-state index contributed by atoms with van der Waals surface area (Å²) in [5.41, 5.74) is 3.90. The first kappa shape index (κ1) is 9.66. The zero-order valence-corrected chi connectivity index (χ0v) is 9.03. The summed E-state index contributed by atoms with van der Waals surface area (Å²) >= 11 is 0. The lowest BCUT2D eigenvalue weighted by Crippen LogP contribution is -2.23. The molecule has 0 saturated carbocycles. The zero-order valence-electron chi connectivity index (χ0n) is 9.03. The van der Waals surface area contributed by atoms with Crippen molar-refractivity contribution >= 4 is 6.09 Å². The van der Waals surface area contributed by atoms with Crippen LogP contribution in [0.3, 0.4) is 0 Å². The molecule has 2 aliphatic heterocycles. The second kappa shape index (κ2) is 3.79. The van der Waals surface area contributed by atoms with Crippen LogP contribution in [0, 0.1) is 0 Å². The van der Waals surface area contributed by atoms with Crippen LogP contribution in [0.4, 0.5) is 4.79 Å². The molecule has 0 aliphatic carbocycles. The van der Waals surface area contributed by atoms with E-state index in [9.17, 15) is 4.79 Å². The number of carbonyl (C=O) groups excluding carboxylic acids is 1. The van der Waals surface area contributed by atoms with E-state index in [1.165, 1.54) is 16.7 Å². The van der Waals surface area contributed by atoms with E-state index < -0.39 is 0 Å². The number of fused-ring (bicyclic) bond motifs is 1. The Balaban J connectivity index is 1.77. The topological polar surface area (TPSA) is 41.6 Å². The molecular formula is C12H14N2O2. The number of benzene rings is 1. The number of rotatable bonds is 2. The van der Waals surface area contributed by atoms with Crippen LogP contribution in [0.5, 0.6) is 0 Å². The van der Waals surface area contributed by atoms with E-state index in [1.807, 2.05) is 0 Å². The van der Waals surface area contributed by atoms with Crippen LogP contribution in [0.15, 0.2) is 18.2 Å². The summed E-state index contributed by atoms with van der Waals surface area (Å²) in [6.45, 7) is 3.78. The average molecular weight is 218 g/mol. The summed E-state index contributed by atoms with van der Waals surface area (Å²) < 4.78 is 4.90. The van der Waals surface area contributed by atoms with Gasteiger partial charge in [-0.15, -0.1) is 0 Å². The van der Waals surface area contributed by atoms with Crippen molar-refractivity contribution in [2.45, 2.75) is 19.6 Å². The molecule has 0 atom stereocenters. The molecule has 0 radical (unpaired) electrons. The highest BCUT2D eigenvalue weighted by atomic mass is 16.6. The van der Waals surface area contributed by atoms with E-state index in [0.29, 0.717) is 19.7 Å². The molecule has 4 nitrogen and oxygen atoms in total. The number of carbonyl (C=O) groups is 1. The molecule has 1 saturated heterocycles. The number of hydrogen-bond acceptors (Lipinski definition) is 3. The fourth-order valence-electron chi connectivity index (χ4n) is 2.24. The van der Waals surface area contributed by atoms with E-state index in [-0.39, 0.29) is 6.09 Å². The van der Waals surface area contributed by atoms with Crippen molar-refractivity contribution in [3.05, 3.63) is 34.9 Å². The molecule has 16 heavy (non-hydrogen) atoms. The third-order valence-corrected chi connectivity index (χ3v) is 3.12. The number of ether oxygens (including phenoxy) is 1. The monoisotopic (exact) mass is 218 g/mol. The van der Waals surface area contributed by atoms with Crippen LogP contribution >= 0.6 is 0 Å². The van der Waals surface area contributed by atoms with Gasteiger partial charge in [0.1, 0.15) is 6.61 Å². The highest BCUT2D eigenvalue weighted by molar-refractivity contribution is 5.69. The van der Waals surface area contributed by atoms with Gasteiger partial charge in [-0.1, -0.05) is 18.2 Å². The Hall–Kier alpha value is -1.55. The van der Waals surface area contributed by atoms with Gasteiger partial charge in [0.05, 0.1) is 6.54 Å². The van der Waals surface area contributed by atoms with Crippen LogP contribution in [0.2, 0.25) is 0 Å². The Kier molecular flexibility index (Phi) is 2.29. The van der Waals surface area contributed by atoms with E-state index in [0.717, 1.165) is 13.1 Å². The molecule has 1 fully saturated rings. The molecule has 0 bridgehead atoms. The molecule has 3 rings (SSSR count). The van der Waals surface area contributed by atoms with Gasteiger partial charge in [-0.25, -0.2) is 4.79 Å². The molecule has 1 amide bonds. The Morgan fingerprint density at radius 3 is 3.00 bits per heavy atom. The summed E-state index contributed by atoms with van der Waals surface area (Å²) in [6.07, 6.45) is -0.196. The maximum Gasteiger partial charge on any atom is 0.410 e. The van der Waals surface area contributed by atoms with Gasteiger partial charge in [-0.2, -0.15) is 0 Å². The third kappa shape index (κ3) is 1.65. The van der Waals surface area contributed by atoms with Crippen molar-refractivity contribution in [2.75, 3.05) is 13.2 Å². The number of amides is 1. The van der Waals surface area contributed by atoms with Crippen molar-refractivity contribution < 1.29 is 9.53 Å². The lowest BCUT2D eigenvalue weighted by atomic mass is 10.1. The highest BCUT2D eigenvalue weighted by Gasteiger charge is 2.22. The van der Waals surface area contributed by atoms with Crippen molar-refractivity contribution in [2.24, 2.45) is 0 Å². The fourth-order valence-corrected chi connectivity index (χ4v) is 2.24. The minimum absolute atomic E-state index is 0.196. The first-order valence-corrected chi connectivity index (χ1v) is 5.56. The van der Waals surface area contributed by atoms with E-state index in [1.54, 1.807) is 4.90 Å². The normalized spacial score (nSPS) is 18.8. The number of nitrogens with zero attached hydrogens (tertiary/aromatic N) is 1. The summed E-state index contributed by atoms with van der Waals surface area (Å²) in [6, 6.07) is 6.42. The van der Waals surface area contributed by atoms with Crippen LogP contribution in [0.25, 0.3) is 0 Å². The van der Waals surface area contributed by atoms with Crippen molar-refractivity contribution in [1.82, 2.24) is 10.2 Å². The Morgan fingerprint density at radius 1 is 1.31 bits per heavy atom. The van der Waals surface area contributed by atoms with Gasteiger partial charge in [0.25, 0.3) is 0 Å². The predicted octanol–water partition coefficient (Wildman–Crippen LogP) is 1.24. The molecule has 84 valence electrons. The minimum Gasteiger partial charge on any atom is -0.448 e. The van der Waals surface area contributed by atoms with Gasteiger partial charge >= 0.3 is 6.09 Å². The molecule has 0 unspecified atom stereocenters. The Labute approximate surface area is 94.2 Å². The number of nitrogens with one attached hydrogen (secondary N) is 1. The molecule has 1 aromatic carbocycles. The number of hydrogen-bond donors (Lipinski definition) is 1. The molecule has 1 N–H and O–H groups in total. The minimum atomic E-state index is -0.196. The van der Waals surface area contributed by atoms with Crippen LogP contribution in [-0.2, 0) is 24.4 Å². The van der Waals surface area contributed by atoms with Crippen LogP contribution in [-0.4, -0.2) is 24.1 Å². The highest BCUT2D eigenvalue weighted by Crippen LogP contribution is 2.19. The molecule has 0 aromatic heterocycles. The van der Waals surface area contributed by atoms with Gasteiger partial charge in [-0.3, -0.25) is 0 Å². The second-order valence-corrected chi connectivity index (χ2v) is 4.24. The standard InChI is InChI=1S/C12H14N2O2/c15-12-14(3-4-16-12)8-9-1-2-10-6-13-7-11(10)5-9/h1-2,5,13H,3-4,6-8H2. The fraction of sp³-hybridized carbons (Fsp3) is 0.417. The van der Waals surface area contributed by atoms with Gasteiger partial charge in [-0.05, 0) is 16.7 Å². The molecule has 1 aromatic rings. The van der Waals surface area contributed by atoms with E-state index in [2.05, 4.69) is 23.5 Å². The SMILES string of the molecule is O=C1OCCN1Cc1ccc2c(c1)CNC2. The third-order valence-electron chi connectivity index (χ3n) is 3.12. The summed E-state index contributed by atoms with van der Waals surface area (Å²) in [4.78, 5) is 13.0. The molecule has 0 spiro atoms. The molecule has 2 aliphatic rings. The van der Waals surface area contributed by atoms with Crippen molar-refractivity contribution in [3.63, 3.8) is 0 Å².